The highest BCUT2D eigenvalue weighted by atomic mass is 32.2. The molecule has 0 unspecified atom stereocenters. The smallest absolute Gasteiger partial charge is 0.338 e. The van der Waals surface area contributed by atoms with E-state index in [0.717, 1.165) is 5.56 Å². The quantitative estimate of drug-likeness (QED) is 0.466. The number of hydrogen-bond acceptors (Lipinski definition) is 5. The Kier molecular flexibility index (Phi) is 4.08. The monoisotopic (exact) mass is 259 g/mol. The van der Waals surface area contributed by atoms with E-state index >= 15 is 0 Å². The SMILES string of the molecule is Cc1cc(C(=O)OCCS(=O)(=O)O)ccc1N. The van der Waals surface area contributed by atoms with Crippen molar-refractivity contribution in [1.82, 2.24) is 0 Å². The predicted octanol–water partition coefficient (Wildman–Crippen LogP) is 0.622. The average Bonchev–Trinajstić information content (AvgIpc) is 2.20. The first-order chi connectivity index (χ1) is 7.79. The normalized spacial score (nSPS) is 11.2. The molecule has 0 heterocycles. The van der Waals surface area contributed by atoms with Crippen molar-refractivity contribution in [3.63, 3.8) is 0 Å². The lowest BCUT2D eigenvalue weighted by Gasteiger charge is -2.05. The van der Waals surface area contributed by atoms with Gasteiger partial charge in [0.25, 0.3) is 10.1 Å². The number of carbonyl (C=O) groups excluding carboxylic acids is 1. The summed E-state index contributed by atoms with van der Waals surface area (Å²) in [5.41, 5.74) is 7.15. The van der Waals surface area contributed by atoms with Gasteiger partial charge in [0.15, 0.2) is 0 Å². The molecule has 6 nitrogen and oxygen atoms in total. The van der Waals surface area contributed by atoms with Gasteiger partial charge in [-0.05, 0) is 30.7 Å². The number of carbonyl (C=O) groups is 1. The second kappa shape index (κ2) is 5.15. The van der Waals surface area contributed by atoms with Crippen LogP contribution in [0.5, 0.6) is 0 Å². The maximum absolute atomic E-state index is 11.5. The number of benzene rings is 1. The number of nitrogens with two attached hydrogens (primary N) is 1. The standard InChI is InChI=1S/C10H13NO5S/c1-7-6-8(2-3-9(7)11)10(12)16-4-5-17(13,14)15/h2-3,6H,4-5,11H2,1H3,(H,13,14,15). The first-order valence-electron chi connectivity index (χ1n) is 4.78. The summed E-state index contributed by atoms with van der Waals surface area (Å²) in [5.74, 6) is -1.27. The Balaban J connectivity index is 2.61. The highest BCUT2D eigenvalue weighted by molar-refractivity contribution is 7.85. The maximum atomic E-state index is 11.5. The third kappa shape index (κ3) is 4.41. The minimum atomic E-state index is -4.11. The predicted molar refractivity (Wildman–Crippen MR) is 62.3 cm³/mol. The molecule has 0 spiro atoms. The fourth-order valence-corrected chi connectivity index (χ4v) is 1.42. The van der Waals surface area contributed by atoms with Crippen LogP contribution in [-0.4, -0.2) is 31.3 Å². The van der Waals surface area contributed by atoms with Crippen molar-refractivity contribution in [1.29, 1.82) is 0 Å². The Morgan fingerprint density at radius 3 is 2.65 bits per heavy atom. The molecule has 0 aliphatic heterocycles. The van der Waals surface area contributed by atoms with E-state index in [2.05, 4.69) is 4.74 Å². The van der Waals surface area contributed by atoms with Gasteiger partial charge < -0.3 is 10.5 Å². The molecule has 0 saturated carbocycles. The van der Waals surface area contributed by atoms with Crippen molar-refractivity contribution < 1.29 is 22.5 Å². The molecular formula is C10H13NO5S. The molecule has 0 radical (unpaired) electrons. The van der Waals surface area contributed by atoms with Crippen LogP contribution in [0.15, 0.2) is 18.2 Å². The first kappa shape index (κ1) is 13.5. The van der Waals surface area contributed by atoms with E-state index in [9.17, 15) is 13.2 Å². The van der Waals surface area contributed by atoms with Crippen LogP contribution in [0.1, 0.15) is 15.9 Å². The highest BCUT2D eigenvalue weighted by Crippen LogP contribution is 2.13. The van der Waals surface area contributed by atoms with Crippen molar-refractivity contribution in [2.45, 2.75) is 6.92 Å². The Labute approximate surface area is 99.1 Å². The van der Waals surface area contributed by atoms with Crippen LogP contribution in [-0.2, 0) is 14.9 Å². The minimum absolute atomic E-state index is 0.284. The third-order valence-corrected chi connectivity index (χ3v) is 2.76. The van der Waals surface area contributed by atoms with E-state index in [1.165, 1.54) is 6.07 Å². The number of anilines is 1. The summed E-state index contributed by atoms with van der Waals surface area (Å²) < 4.78 is 33.9. The van der Waals surface area contributed by atoms with Crippen LogP contribution in [0, 0.1) is 6.92 Å². The van der Waals surface area contributed by atoms with Crippen LogP contribution in [0.25, 0.3) is 0 Å². The summed E-state index contributed by atoms with van der Waals surface area (Å²) in [6.45, 7) is 1.35. The Morgan fingerprint density at radius 2 is 2.12 bits per heavy atom. The summed E-state index contributed by atoms with van der Waals surface area (Å²) in [6, 6.07) is 4.60. The van der Waals surface area contributed by atoms with Gasteiger partial charge in [-0.25, -0.2) is 4.79 Å². The molecule has 0 bridgehead atoms. The van der Waals surface area contributed by atoms with E-state index in [1.54, 1.807) is 19.1 Å². The van der Waals surface area contributed by atoms with Crippen molar-refractivity contribution in [2.75, 3.05) is 18.1 Å². The van der Waals surface area contributed by atoms with E-state index < -0.39 is 21.8 Å². The Hall–Kier alpha value is -1.60. The minimum Gasteiger partial charge on any atom is -0.461 e. The second-order valence-corrected chi connectivity index (χ2v) is 5.07. The summed E-state index contributed by atoms with van der Waals surface area (Å²) in [5, 5.41) is 0. The van der Waals surface area contributed by atoms with E-state index in [1.807, 2.05) is 0 Å². The molecule has 0 saturated heterocycles. The zero-order valence-electron chi connectivity index (χ0n) is 9.21. The lowest BCUT2D eigenvalue weighted by atomic mass is 10.1. The lowest BCUT2D eigenvalue weighted by molar-refractivity contribution is 0.0528. The first-order valence-corrected chi connectivity index (χ1v) is 6.39. The molecule has 1 rings (SSSR count). The maximum Gasteiger partial charge on any atom is 0.338 e. The fourth-order valence-electron chi connectivity index (χ4n) is 1.13. The summed E-state index contributed by atoms with van der Waals surface area (Å²) in [4.78, 5) is 11.5. The van der Waals surface area contributed by atoms with E-state index in [0.29, 0.717) is 5.69 Å². The molecule has 7 heteroatoms. The summed E-state index contributed by atoms with van der Waals surface area (Å²) in [7, 11) is -4.11. The Morgan fingerprint density at radius 1 is 1.47 bits per heavy atom. The third-order valence-electron chi connectivity index (χ3n) is 2.08. The number of rotatable bonds is 4. The highest BCUT2D eigenvalue weighted by Gasteiger charge is 2.10. The van der Waals surface area contributed by atoms with Crippen molar-refractivity contribution in [3.8, 4) is 0 Å². The molecule has 94 valence electrons. The lowest BCUT2D eigenvalue weighted by Crippen LogP contribution is -2.14. The van der Waals surface area contributed by atoms with Gasteiger partial charge in [-0.2, -0.15) is 8.42 Å². The van der Waals surface area contributed by atoms with Crippen molar-refractivity contribution in [2.24, 2.45) is 0 Å². The number of nitrogen functional groups attached to an aromatic ring is 1. The molecular weight excluding hydrogens is 246 g/mol. The van der Waals surface area contributed by atoms with Gasteiger partial charge in [-0.3, -0.25) is 4.55 Å². The zero-order valence-corrected chi connectivity index (χ0v) is 10.0. The number of esters is 1. The van der Waals surface area contributed by atoms with Gasteiger partial charge in [-0.15, -0.1) is 0 Å². The molecule has 0 fully saturated rings. The fraction of sp³-hybridized carbons (Fsp3) is 0.300. The van der Waals surface area contributed by atoms with Crippen LogP contribution < -0.4 is 5.73 Å². The summed E-state index contributed by atoms with van der Waals surface area (Å²) >= 11 is 0. The molecule has 17 heavy (non-hydrogen) atoms. The summed E-state index contributed by atoms with van der Waals surface area (Å²) in [6.07, 6.45) is 0. The van der Waals surface area contributed by atoms with Gasteiger partial charge >= 0.3 is 5.97 Å². The number of ether oxygens (including phenoxy) is 1. The van der Waals surface area contributed by atoms with Gasteiger partial charge in [0.05, 0.1) is 5.56 Å². The topological polar surface area (TPSA) is 107 Å². The molecule has 0 amide bonds. The molecule has 0 aromatic heterocycles. The van der Waals surface area contributed by atoms with Gasteiger partial charge in [-0.1, -0.05) is 0 Å². The largest absolute Gasteiger partial charge is 0.461 e. The van der Waals surface area contributed by atoms with Gasteiger partial charge in [0.2, 0.25) is 0 Å². The van der Waals surface area contributed by atoms with Crippen LogP contribution in [0.2, 0.25) is 0 Å². The number of aryl methyl sites for hydroxylation is 1. The Bertz CT molecular complexity index is 523. The number of hydrogen-bond donors (Lipinski definition) is 2. The van der Waals surface area contributed by atoms with Gasteiger partial charge in [0.1, 0.15) is 12.4 Å². The molecule has 0 aliphatic rings. The van der Waals surface area contributed by atoms with E-state index in [4.69, 9.17) is 10.3 Å². The molecule has 0 aliphatic carbocycles. The average molecular weight is 259 g/mol. The van der Waals surface area contributed by atoms with Gasteiger partial charge in [0, 0.05) is 5.69 Å². The van der Waals surface area contributed by atoms with Crippen LogP contribution in [0.3, 0.4) is 0 Å². The molecule has 1 aromatic carbocycles. The molecule has 0 atom stereocenters. The van der Waals surface area contributed by atoms with Crippen molar-refractivity contribution in [3.05, 3.63) is 29.3 Å². The van der Waals surface area contributed by atoms with Crippen LogP contribution in [0.4, 0.5) is 5.69 Å². The zero-order chi connectivity index (χ0) is 13.1. The molecule has 1 aromatic rings. The van der Waals surface area contributed by atoms with Crippen molar-refractivity contribution >= 4 is 21.8 Å². The molecule has 3 N–H and O–H groups in total. The van der Waals surface area contributed by atoms with E-state index in [-0.39, 0.29) is 12.2 Å². The van der Waals surface area contributed by atoms with Crippen LogP contribution >= 0.6 is 0 Å². The second-order valence-electron chi connectivity index (χ2n) is 3.49.